The summed E-state index contributed by atoms with van der Waals surface area (Å²) in [5, 5.41) is 8.61. The standard InChI is InChI=1S/C13H20O2/c1-11(2)10-12-4-6-13(7-5-12)15-9-3-8-14/h4-7,11,14H,3,8-10H2,1-2H3. The second-order valence-corrected chi connectivity index (χ2v) is 4.17. The Labute approximate surface area is 91.9 Å². The molecule has 0 aliphatic rings. The lowest BCUT2D eigenvalue weighted by Crippen LogP contribution is -2.00. The van der Waals surface area contributed by atoms with Gasteiger partial charge in [-0.3, -0.25) is 0 Å². The normalized spacial score (nSPS) is 10.7. The minimum atomic E-state index is 0.186. The Bertz CT molecular complexity index is 264. The minimum absolute atomic E-state index is 0.186. The van der Waals surface area contributed by atoms with Crippen LogP contribution in [0.25, 0.3) is 0 Å². The molecule has 1 aromatic rings. The van der Waals surface area contributed by atoms with Gasteiger partial charge in [-0.25, -0.2) is 0 Å². The first kappa shape index (κ1) is 12.1. The molecule has 0 heterocycles. The zero-order chi connectivity index (χ0) is 11.1. The summed E-state index contributed by atoms with van der Waals surface area (Å²) in [5.41, 5.74) is 1.35. The Morgan fingerprint density at radius 1 is 1.20 bits per heavy atom. The highest BCUT2D eigenvalue weighted by Crippen LogP contribution is 2.14. The third-order valence-corrected chi connectivity index (χ3v) is 2.14. The van der Waals surface area contributed by atoms with E-state index in [2.05, 4.69) is 26.0 Å². The van der Waals surface area contributed by atoms with Crippen molar-refractivity contribution >= 4 is 0 Å². The van der Waals surface area contributed by atoms with Gasteiger partial charge in [0.1, 0.15) is 5.75 Å². The van der Waals surface area contributed by atoms with Gasteiger partial charge in [0.2, 0.25) is 0 Å². The van der Waals surface area contributed by atoms with Gasteiger partial charge in [-0.2, -0.15) is 0 Å². The molecule has 1 aromatic carbocycles. The van der Waals surface area contributed by atoms with Crippen molar-refractivity contribution in [2.75, 3.05) is 13.2 Å². The topological polar surface area (TPSA) is 29.5 Å². The van der Waals surface area contributed by atoms with E-state index in [9.17, 15) is 0 Å². The van der Waals surface area contributed by atoms with E-state index in [0.29, 0.717) is 18.9 Å². The molecule has 2 nitrogen and oxygen atoms in total. The summed E-state index contributed by atoms with van der Waals surface area (Å²) in [7, 11) is 0. The molecular formula is C13H20O2. The van der Waals surface area contributed by atoms with E-state index < -0.39 is 0 Å². The summed E-state index contributed by atoms with van der Waals surface area (Å²) in [6.07, 6.45) is 1.80. The van der Waals surface area contributed by atoms with Crippen molar-refractivity contribution in [1.82, 2.24) is 0 Å². The second-order valence-electron chi connectivity index (χ2n) is 4.17. The lowest BCUT2D eigenvalue weighted by Gasteiger charge is -2.07. The van der Waals surface area contributed by atoms with E-state index in [1.54, 1.807) is 0 Å². The molecule has 1 rings (SSSR count). The summed E-state index contributed by atoms with van der Waals surface area (Å²) in [6.45, 7) is 5.20. The van der Waals surface area contributed by atoms with Gasteiger partial charge in [0.15, 0.2) is 0 Å². The number of hydrogen-bond donors (Lipinski definition) is 1. The van der Waals surface area contributed by atoms with Crippen molar-refractivity contribution in [2.24, 2.45) is 5.92 Å². The van der Waals surface area contributed by atoms with Crippen LogP contribution in [0.3, 0.4) is 0 Å². The Balaban J connectivity index is 2.42. The Morgan fingerprint density at radius 2 is 1.87 bits per heavy atom. The molecule has 0 spiro atoms. The molecule has 0 radical (unpaired) electrons. The van der Waals surface area contributed by atoms with E-state index in [-0.39, 0.29) is 6.61 Å². The summed E-state index contributed by atoms with van der Waals surface area (Å²) in [6, 6.07) is 8.20. The van der Waals surface area contributed by atoms with E-state index in [1.165, 1.54) is 5.56 Å². The number of ether oxygens (including phenoxy) is 1. The van der Waals surface area contributed by atoms with E-state index in [0.717, 1.165) is 12.2 Å². The highest BCUT2D eigenvalue weighted by molar-refractivity contribution is 5.27. The Kier molecular flexibility index (Phi) is 5.19. The lowest BCUT2D eigenvalue weighted by molar-refractivity contribution is 0.233. The van der Waals surface area contributed by atoms with Crippen LogP contribution in [0.1, 0.15) is 25.8 Å². The van der Waals surface area contributed by atoms with E-state index >= 15 is 0 Å². The molecule has 0 unspecified atom stereocenters. The molecule has 0 atom stereocenters. The molecule has 0 aromatic heterocycles. The van der Waals surface area contributed by atoms with Crippen LogP contribution in [0, 0.1) is 5.92 Å². The summed E-state index contributed by atoms with van der Waals surface area (Å²) < 4.78 is 5.45. The van der Waals surface area contributed by atoms with Crippen LogP contribution in [0.2, 0.25) is 0 Å². The van der Waals surface area contributed by atoms with Crippen molar-refractivity contribution < 1.29 is 9.84 Å². The Hall–Kier alpha value is -1.02. The molecule has 1 N–H and O–H groups in total. The number of benzene rings is 1. The predicted molar refractivity (Wildman–Crippen MR) is 62.2 cm³/mol. The summed E-state index contributed by atoms with van der Waals surface area (Å²) in [4.78, 5) is 0. The van der Waals surface area contributed by atoms with Gasteiger partial charge >= 0.3 is 0 Å². The Morgan fingerprint density at radius 3 is 2.40 bits per heavy atom. The van der Waals surface area contributed by atoms with Gasteiger partial charge in [0.25, 0.3) is 0 Å². The molecule has 0 saturated carbocycles. The predicted octanol–water partition coefficient (Wildman–Crippen LogP) is 2.65. The number of rotatable bonds is 6. The summed E-state index contributed by atoms with van der Waals surface area (Å²) >= 11 is 0. The van der Waals surface area contributed by atoms with Gasteiger partial charge in [-0.15, -0.1) is 0 Å². The molecule has 0 amide bonds. The first-order valence-corrected chi connectivity index (χ1v) is 5.55. The van der Waals surface area contributed by atoms with Gasteiger partial charge in [-0.05, 0) is 30.0 Å². The van der Waals surface area contributed by atoms with Gasteiger partial charge in [0.05, 0.1) is 6.61 Å². The number of hydrogen-bond acceptors (Lipinski definition) is 2. The molecule has 0 aliphatic carbocycles. The largest absolute Gasteiger partial charge is 0.494 e. The average Bonchev–Trinajstić information content (AvgIpc) is 2.20. The van der Waals surface area contributed by atoms with E-state index in [1.807, 2.05) is 12.1 Å². The first-order chi connectivity index (χ1) is 7.22. The maximum Gasteiger partial charge on any atom is 0.119 e. The number of aliphatic hydroxyl groups excluding tert-OH is 1. The maximum absolute atomic E-state index is 8.61. The van der Waals surface area contributed by atoms with Crippen molar-refractivity contribution in [1.29, 1.82) is 0 Å². The quantitative estimate of drug-likeness (QED) is 0.728. The molecule has 0 bridgehead atoms. The fraction of sp³-hybridized carbons (Fsp3) is 0.538. The van der Waals surface area contributed by atoms with Crippen LogP contribution in [0.5, 0.6) is 5.75 Å². The van der Waals surface area contributed by atoms with Crippen LogP contribution in [-0.4, -0.2) is 18.3 Å². The third kappa shape index (κ3) is 4.84. The van der Waals surface area contributed by atoms with Crippen LogP contribution in [0.15, 0.2) is 24.3 Å². The monoisotopic (exact) mass is 208 g/mol. The fourth-order valence-electron chi connectivity index (χ4n) is 1.45. The molecule has 15 heavy (non-hydrogen) atoms. The molecular weight excluding hydrogens is 188 g/mol. The van der Waals surface area contributed by atoms with Gasteiger partial charge < -0.3 is 9.84 Å². The van der Waals surface area contributed by atoms with Crippen LogP contribution in [-0.2, 0) is 6.42 Å². The SMILES string of the molecule is CC(C)Cc1ccc(OCCCO)cc1. The van der Waals surface area contributed by atoms with Crippen molar-refractivity contribution in [2.45, 2.75) is 26.7 Å². The fourth-order valence-corrected chi connectivity index (χ4v) is 1.45. The molecule has 2 heteroatoms. The van der Waals surface area contributed by atoms with Gasteiger partial charge in [-0.1, -0.05) is 26.0 Å². The third-order valence-electron chi connectivity index (χ3n) is 2.14. The second kappa shape index (κ2) is 6.46. The average molecular weight is 208 g/mol. The van der Waals surface area contributed by atoms with Crippen LogP contribution < -0.4 is 4.74 Å². The zero-order valence-electron chi connectivity index (χ0n) is 9.57. The van der Waals surface area contributed by atoms with Crippen molar-refractivity contribution in [3.05, 3.63) is 29.8 Å². The molecule has 0 fully saturated rings. The zero-order valence-corrected chi connectivity index (χ0v) is 9.57. The van der Waals surface area contributed by atoms with Gasteiger partial charge in [0, 0.05) is 13.0 Å². The smallest absolute Gasteiger partial charge is 0.119 e. The highest BCUT2D eigenvalue weighted by Gasteiger charge is 1.98. The minimum Gasteiger partial charge on any atom is -0.494 e. The van der Waals surface area contributed by atoms with Crippen LogP contribution in [0.4, 0.5) is 0 Å². The van der Waals surface area contributed by atoms with E-state index in [4.69, 9.17) is 9.84 Å². The molecule has 84 valence electrons. The highest BCUT2D eigenvalue weighted by atomic mass is 16.5. The summed E-state index contributed by atoms with van der Waals surface area (Å²) in [5.74, 6) is 1.57. The van der Waals surface area contributed by atoms with Crippen molar-refractivity contribution in [3.63, 3.8) is 0 Å². The molecule has 0 saturated heterocycles. The number of aliphatic hydroxyl groups is 1. The first-order valence-electron chi connectivity index (χ1n) is 5.55. The maximum atomic E-state index is 8.61. The van der Waals surface area contributed by atoms with Crippen LogP contribution >= 0.6 is 0 Å². The van der Waals surface area contributed by atoms with Crippen molar-refractivity contribution in [3.8, 4) is 5.75 Å². The molecule has 0 aliphatic heterocycles. The lowest BCUT2D eigenvalue weighted by atomic mass is 10.0.